The number of carboxylic acid groups (broad SMARTS) is 1. The molecule has 0 aliphatic heterocycles. The van der Waals surface area contributed by atoms with E-state index in [4.69, 9.17) is 4.74 Å². The van der Waals surface area contributed by atoms with E-state index >= 15 is 0 Å². The molecule has 0 unspecified atom stereocenters. The van der Waals surface area contributed by atoms with Gasteiger partial charge < -0.3 is 9.84 Å². The Labute approximate surface area is 121 Å². The Morgan fingerprint density at radius 1 is 1.05 bits per heavy atom. The summed E-state index contributed by atoms with van der Waals surface area (Å²) in [5.41, 5.74) is 1.16. The highest BCUT2D eigenvalue weighted by Gasteiger charge is 2.13. The lowest BCUT2D eigenvalue weighted by molar-refractivity contribution is 0.0698. The van der Waals surface area contributed by atoms with Crippen LogP contribution in [0.2, 0.25) is 0 Å². The second-order valence-corrected chi connectivity index (χ2v) is 4.70. The van der Waals surface area contributed by atoms with Gasteiger partial charge in [0.25, 0.3) is 0 Å². The molecule has 0 aliphatic rings. The van der Waals surface area contributed by atoms with E-state index in [0.717, 1.165) is 5.56 Å². The number of hydrogen-bond donors (Lipinski definition) is 1. The molecule has 4 heteroatoms. The lowest BCUT2D eigenvalue weighted by atomic mass is 10.1. The van der Waals surface area contributed by atoms with Gasteiger partial charge in [-0.15, -0.1) is 0 Å². The van der Waals surface area contributed by atoms with Gasteiger partial charge in [-0.25, -0.2) is 9.78 Å². The molecule has 0 radical (unpaired) electrons. The van der Waals surface area contributed by atoms with Crippen LogP contribution in [0.3, 0.4) is 0 Å². The van der Waals surface area contributed by atoms with Crippen LogP contribution < -0.4 is 4.74 Å². The molecule has 0 saturated carbocycles. The van der Waals surface area contributed by atoms with Crippen LogP contribution in [0.15, 0.2) is 54.7 Å². The molecule has 0 aliphatic carbocycles. The number of aromatic nitrogens is 1. The predicted molar refractivity (Wildman–Crippen MR) is 80.0 cm³/mol. The van der Waals surface area contributed by atoms with Crippen molar-refractivity contribution in [1.29, 1.82) is 0 Å². The fraction of sp³-hybridized carbons (Fsp3) is 0.0588. The molecular formula is C17H13NO3. The Hall–Kier alpha value is -2.88. The zero-order valence-corrected chi connectivity index (χ0v) is 11.4. The maximum absolute atomic E-state index is 11.3. The molecule has 0 atom stereocenters. The lowest BCUT2D eigenvalue weighted by Gasteiger charge is -2.11. The number of benzene rings is 2. The molecule has 1 heterocycles. The molecule has 1 N–H and O–H groups in total. The average molecular weight is 279 g/mol. The molecule has 104 valence electrons. The monoisotopic (exact) mass is 279 g/mol. The van der Waals surface area contributed by atoms with Crippen molar-refractivity contribution in [2.75, 3.05) is 0 Å². The maximum Gasteiger partial charge on any atom is 0.337 e. The highest BCUT2D eigenvalue weighted by molar-refractivity contribution is 6.04. The number of rotatable bonds is 3. The first-order chi connectivity index (χ1) is 10.2. The van der Waals surface area contributed by atoms with E-state index in [9.17, 15) is 9.90 Å². The molecule has 21 heavy (non-hydrogen) atoms. The normalized spacial score (nSPS) is 10.5. The van der Waals surface area contributed by atoms with Crippen molar-refractivity contribution < 1.29 is 14.6 Å². The van der Waals surface area contributed by atoms with Crippen molar-refractivity contribution >= 4 is 16.7 Å². The molecule has 0 saturated heterocycles. The van der Waals surface area contributed by atoms with Gasteiger partial charge in [-0.05, 0) is 24.6 Å². The van der Waals surface area contributed by atoms with E-state index in [1.165, 1.54) is 6.20 Å². The second-order valence-electron chi connectivity index (χ2n) is 4.70. The number of carbonyl (C=O) groups is 1. The summed E-state index contributed by atoms with van der Waals surface area (Å²) in [6, 6.07) is 14.8. The SMILES string of the molecule is Cc1ccccc1Oc1ncc(C(=O)O)c2ccccc12. The molecule has 4 nitrogen and oxygen atoms in total. The van der Waals surface area contributed by atoms with E-state index in [1.807, 2.05) is 43.3 Å². The molecule has 1 aromatic heterocycles. The summed E-state index contributed by atoms with van der Waals surface area (Å²) in [5, 5.41) is 10.5. The van der Waals surface area contributed by atoms with Crippen LogP contribution in [0.4, 0.5) is 0 Å². The molecule has 0 fully saturated rings. The number of para-hydroxylation sites is 1. The number of carboxylic acids is 1. The van der Waals surface area contributed by atoms with Gasteiger partial charge in [-0.1, -0.05) is 36.4 Å². The van der Waals surface area contributed by atoms with Gasteiger partial charge in [0, 0.05) is 17.0 Å². The van der Waals surface area contributed by atoms with E-state index in [1.54, 1.807) is 12.1 Å². The van der Waals surface area contributed by atoms with E-state index in [-0.39, 0.29) is 5.56 Å². The van der Waals surface area contributed by atoms with E-state index in [2.05, 4.69) is 4.98 Å². The Morgan fingerprint density at radius 2 is 1.71 bits per heavy atom. The summed E-state index contributed by atoms with van der Waals surface area (Å²) in [5.74, 6) is 0.115. The van der Waals surface area contributed by atoms with Gasteiger partial charge in [0.05, 0.1) is 5.56 Å². The van der Waals surface area contributed by atoms with Crippen LogP contribution in [0.5, 0.6) is 11.6 Å². The van der Waals surface area contributed by atoms with Crippen molar-refractivity contribution in [3.63, 3.8) is 0 Å². The largest absolute Gasteiger partial charge is 0.478 e. The van der Waals surface area contributed by atoms with Gasteiger partial charge in [-0.2, -0.15) is 0 Å². The van der Waals surface area contributed by atoms with Crippen LogP contribution >= 0.6 is 0 Å². The summed E-state index contributed by atoms with van der Waals surface area (Å²) in [7, 11) is 0. The predicted octanol–water partition coefficient (Wildman–Crippen LogP) is 4.03. The van der Waals surface area contributed by atoms with Gasteiger partial charge in [-0.3, -0.25) is 0 Å². The third-order valence-corrected chi connectivity index (χ3v) is 3.29. The third kappa shape index (κ3) is 2.43. The van der Waals surface area contributed by atoms with Gasteiger partial charge in [0.15, 0.2) is 0 Å². The third-order valence-electron chi connectivity index (χ3n) is 3.29. The maximum atomic E-state index is 11.3. The number of aryl methyl sites for hydroxylation is 1. The van der Waals surface area contributed by atoms with Crippen LogP contribution in [0, 0.1) is 6.92 Å². The summed E-state index contributed by atoms with van der Waals surface area (Å²) in [6.07, 6.45) is 1.33. The molecule has 3 rings (SSSR count). The first-order valence-electron chi connectivity index (χ1n) is 6.51. The lowest BCUT2D eigenvalue weighted by Crippen LogP contribution is -2.00. The average Bonchev–Trinajstić information content (AvgIpc) is 2.49. The molecule has 0 bridgehead atoms. The zero-order valence-electron chi connectivity index (χ0n) is 11.4. The van der Waals surface area contributed by atoms with Gasteiger partial charge in [0.2, 0.25) is 5.88 Å². The Balaban J connectivity index is 2.14. The van der Waals surface area contributed by atoms with Crippen LogP contribution in [-0.4, -0.2) is 16.1 Å². The zero-order chi connectivity index (χ0) is 14.8. The number of aromatic carboxylic acids is 1. The highest BCUT2D eigenvalue weighted by Crippen LogP contribution is 2.31. The first-order valence-corrected chi connectivity index (χ1v) is 6.51. The summed E-state index contributed by atoms with van der Waals surface area (Å²) in [4.78, 5) is 15.4. The first kappa shape index (κ1) is 13.1. The van der Waals surface area contributed by atoms with Crippen LogP contribution in [-0.2, 0) is 0 Å². The number of nitrogens with zero attached hydrogens (tertiary/aromatic N) is 1. The summed E-state index contributed by atoms with van der Waals surface area (Å²) >= 11 is 0. The topological polar surface area (TPSA) is 59.4 Å². The van der Waals surface area contributed by atoms with Gasteiger partial charge >= 0.3 is 5.97 Å². The quantitative estimate of drug-likeness (QED) is 0.786. The fourth-order valence-corrected chi connectivity index (χ4v) is 2.19. The number of pyridine rings is 1. The minimum Gasteiger partial charge on any atom is -0.478 e. The van der Waals surface area contributed by atoms with Crippen molar-refractivity contribution in [3.8, 4) is 11.6 Å². The van der Waals surface area contributed by atoms with Gasteiger partial charge in [0.1, 0.15) is 5.75 Å². The Morgan fingerprint density at radius 3 is 2.43 bits per heavy atom. The van der Waals surface area contributed by atoms with Crippen LogP contribution in [0.25, 0.3) is 10.8 Å². The molecule has 2 aromatic carbocycles. The standard InChI is InChI=1S/C17H13NO3/c1-11-6-2-5-9-15(11)21-16-13-8-4-3-7-12(13)14(10-18-16)17(19)20/h2-10H,1H3,(H,19,20). The summed E-state index contributed by atoms with van der Waals surface area (Å²) in [6.45, 7) is 1.95. The Bertz CT molecular complexity index is 827. The minimum absolute atomic E-state index is 0.169. The number of ether oxygens (including phenoxy) is 1. The molecule has 0 amide bonds. The minimum atomic E-state index is -0.999. The number of hydrogen-bond acceptors (Lipinski definition) is 3. The molecular weight excluding hydrogens is 266 g/mol. The highest BCUT2D eigenvalue weighted by atomic mass is 16.5. The van der Waals surface area contributed by atoms with Crippen molar-refractivity contribution in [2.45, 2.75) is 6.92 Å². The van der Waals surface area contributed by atoms with Crippen LogP contribution in [0.1, 0.15) is 15.9 Å². The second kappa shape index (κ2) is 5.25. The van der Waals surface area contributed by atoms with E-state index in [0.29, 0.717) is 22.4 Å². The molecule has 3 aromatic rings. The van der Waals surface area contributed by atoms with Crippen molar-refractivity contribution in [3.05, 3.63) is 65.9 Å². The van der Waals surface area contributed by atoms with Crippen molar-refractivity contribution in [2.24, 2.45) is 0 Å². The Kier molecular flexibility index (Phi) is 3.28. The molecule has 0 spiro atoms. The smallest absolute Gasteiger partial charge is 0.337 e. The number of fused-ring (bicyclic) bond motifs is 1. The van der Waals surface area contributed by atoms with E-state index < -0.39 is 5.97 Å². The summed E-state index contributed by atoms with van der Waals surface area (Å²) < 4.78 is 5.85. The van der Waals surface area contributed by atoms with Crippen molar-refractivity contribution in [1.82, 2.24) is 4.98 Å². The fourth-order valence-electron chi connectivity index (χ4n) is 2.19.